The van der Waals surface area contributed by atoms with Gasteiger partial charge in [0, 0.05) is 22.5 Å². The summed E-state index contributed by atoms with van der Waals surface area (Å²) in [5.41, 5.74) is 4.00. The van der Waals surface area contributed by atoms with Crippen LogP contribution in [0.3, 0.4) is 0 Å². The number of ketones is 2. The Kier molecular flexibility index (Phi) is 13.5. The van der Waals surface area contributed by atoms with E-state index in [9.17, 15) is 50.2 Å². The molecule has 0 saturated heterocycles. The third-order valence-corrected chi connectivity index (χ3v) is 9.29. The van der Waals surface area contributed by atoms with E-state index >= 15 is 0 Å². The molecule has 0 atom stereocenters. The number of carboxylic acid groups (broad SMARTS) is 1. The summed E-state index contributed by atoms with van der Waals surface area (Å²) in [5.74, 6) is -3.05. The topological polar surface area (TPSA) is 276 Å². The first-order chi connectivity index (χ1) is 25.1. The maximum atomic E-state index is 13.3. The van der Waals surface area contributed by atoms with Crippen molar-refractivity contribution in [3.8, 4) is 0 Å². The number of carbonyl (C=O) groups is 4. The van der Waals surface area contributed by atoms with Crippen LogP contribution in [0.25, 0.3) is 12.2 Å². The number of carbonyl (C=O) groups excluding carboxylic acids is 3. The number of amides is 2. The van der Waals surface area contributed by atoms with Crippen LogP contribution in [0.2, 0.25) is 0 Å². The van der Waals surface area contributed by atoms with Gasteiger partial charge in [-0.3, -0.25) is 20.4 Å². The van der Waals surface area contributed by atoms with E-state index in [-0.39, 0.29) is 104 Å². The Labute approximate surface area is 356 Å². The summed E-state index contributed by atoms with van der Waals surface area (Å²) in [4.78, 5) is 48.8. The maximum Gasteiger partial charge on any atom is 1.00 e. The number of nitrogens with one attached hydrogen (secondary N) is 4. The summed E-state index contributed by atoms with van der Waals surface area (Å²) in [6, 6.07) is 20.4. The van der Waals surface area contributed by atoms with Crippen molar-refractivity contribution in [2.45, 2.75) is 0 Å². The molecule has 0 radical (unpaired) electrons. The van der Waals surface area contributed by atoms with Gasteiger partial charge in [0.25, 0.3) is 0 Å². The molecule has 0 saturated carbocycles. The number of hydrogen-bond acceptors (Lipinski definition) is 14. The van der Waals surface area contributed by atoms with E-state index in [1.54, 1.807) is 30.3 Å². The zero-order valence-electron chi connectivity index (χ0n) is 28.6. The van der Waals surface area contributed by atoms with Gasteiger partial charge in [-0.1, -0.05) is 24.3 Å². The van der Waals surface area contributed by atoms with Crippen molar-refractivity contribution in [2.24, 2.45) is 10.2 Å². The molecule has 0 spiro atoms. The van der Waals surface area contributed by atoms with E-state index < -0.39 is 65.0 Å². The fraction of sp³-hybridized carbons (Fsp3) is 0. The largest absolute Gasteiger partial charge is 1.00 e. The fourth-order valence-corrected chi connectivity index (χ4v) is 6.49. The molecule has 2 aliphatic rings. The number of hydrazone groups is 2. The average Bonchev–Trinajstić information content (AvgIpc) is 3.10. The zero-order chi connectivity index (χ0) is 38.1. The van der Waals surface area contributed by atoms with E-state index in [2.05, 4.69) is 31.7 Å². The maximum absolute atomic E-state index is 13.3. The molecule has 17 nitrogen and oxygen atoms in total. The Morgan fingerprint density at radius 3 is 1.49 bits per heavy atom. The fourth-order valence-electron chi connectivity index (χ4n) is 5.19. The van der Waals surface area contributed by atoms with Crippen molar-refractivity contribution in [2.75, 3.05) is 21.5 Å². The molecule has 0 bridgehead atoms. The van der Waals surface area contributed by atoms with Gasteiger partial charge in [0.2, 0.25) is 11.6 Å². The molecular weight excluding hydrogens is 779 g/mol. The van der Waals surface area contributed by atoms with E-state index in [0.717, 1.165) is 12.2 Å². The van der Waals surface area contributed by atoms with E-state index in [4.69, 9.17) is 0 Å². The number of rotatable bonds is 9. The summed E-state index contributed by atoms with van der Waals surface area (Å²) in [7, 11) is -10.4. The van der Waals surface area contributed by atoms with Crippen molar-refractivity contribution in [3.05, 3.63) is 129 Å². The number of para-hydroxylation sites is 1. The number of benzene rings is 4. The molecule has 268 valence electrons. The SMILES string of the molecule is O=C(Nc1ccc2c(c1)C=C(S(=O)(=O)[O-])/C(=N\Nc1ccccc1)C2=O)Nc1ccc2c(c1)C=C(S(=O)(=O)[O-])/C(=N\Nc1cccc(C(=O)O)c1)C2=O.[Na+].[Na+]. The van der Waals surface area contributed by atoms with Crippen LogP contribution in [-0.2, 0) is 20.2 Å². The first-order valence-electron chi connectivity index (χ1n) is 15.0. The minimum absolute atomic E-state index is 0. The van der Waals surface area contributed by atoms with Crippen LogP contribution in [0, 0.1) is 0 Å². The average molecular weight is 801 g/mol. The first-order valence-corrected chi connectivity index (χ1v) is 17.8. The van der Waals surface area contributed by atoms with Crippen molar-refractivity contribution in [1.82, 2.24) is 0 Å². The number of nitrogens with zero attached hydrogens (tertiary/aromatic N) is 2. The third kappa shape index (κ3) is 9.90. The van der Waals surface area contributed by atoms with E-state index in [1.165, 1.54) is 60.7 Å². The van der Waals surface area contributed by atoms with Crippen LogP contribution >= 0.6 is 0 Å². The monoisotopic (exact) mass is 800 g/mol. The number of anilines is 4. The van der Waals surface area contributed by atoms with Gasteiger partial charge in [0.15, 0.2) is 0 Å². The van der Waals surface area contributed by atoms with Gasteiger partial charge >= 0.3 is 71.1 Å². The van der Waals surface area contributed by atoms with E-state index in [1.807, 2.05) is 0 Å². The predicted octanol–water partition coefficient (Wildman–Crippen LogP) is -1.86. The Bertz CT molecular complexity index is 2610. The van der Waals surface area contributed by atoms with E-state index in [0.29, 0.717) is 5.69 Å². The van der Waals surface area contributed by atoms with Crippen molar-refractivity contribution in [1.29, 1.82) is 0 Å². The van der Waals surface area contributed by atoms with Gasteiger partial charge in [0.05, 0.1) is 26.7 Å². The number of carboxylic acids is 1. The third-order valence-electron chi connectivity index (χ3n) is 7.59. The van der Waals surface area contributed by atoms with Crippen LogP contribution in [0.1, 0.15) is 42.2 Å². The molecule has 0 aliphatic heterocycles. The molecule has 21 heteroatoms. The molecule has 55 heavy (non-hydrogen) atoms. The van der Waals surface area contributed by atoms with Gasteiger partial charge < -0.3 is 24.8 Å². The van der Waals surface area contributed by atoms with Crippen LogP contribution in [-0.4, -0.2) is 66.0 Å². The second-order valence-corrected chi connectivity index (χ2v) is 13.9. The second kappa shape index (κ2) is 17.3. The molecule has 0 aromatic heterocycles. The van der Waals surface area contributed by atoms with Crippen LogP contribution in [0.5, 0.6) is 0 Å². The summed E-state index contributed by atoms with van der Waals surface area (Å²) in [6.07, 6.45) is 1.86. The van der Waals surface area contributed by atoms with Crippen LogP contribution in [0.4, 0.5) is 27.5 Å². The van der Waals surface area contributed by atoms with Gasteiger partial charge in [0.1, 0.15) is 31.7 Å². The molecule has 6 rings (SSSR count). The smallest absolute Gasteiger partial charge is 0.744 e. The minimum atomic E-state index is -5.27. The van der Waals surface area contributed by atoms with Gasteiger partial charge in [-0.2, -0.15) is 10.2 Å². The predicted molar refractivity (Wildman–Crippen MR) is 191 cm³/mol. The minimum Gasteiger partial charge on any atom is -0.744 e. The van der Waals surface area contributed by atoms with Gasteiger partial charge in [-0.25, -0.2) is 26.4 Å². The molecular formula is C34H22N6Na2O11S2. The standard InChI is InChI=1S/C34H24N6O11S2.2Na/c41-31-25-11-9-22(14-19(25)16-27(52(46,47)48)29(31)39-37-21-6-2-1-3-7-21)35-34(45)36-23-10-12-26-20(15-23)17-28(53(49,50)51)30(32(26)42)40-38-24-8-4-5-18(13-24)33(43)44;;/h1-17,37-38H,(H,43,44)(H2,35,36,45)(H,46,47,48)(H,49,50,51);;/q;2*+1/p-2/b39-29+,40-30+;;. The molecule has 2 aliphatic carbocycles. The second-order valence-electron chi connectivity index (χ2n) is 11.2. The van der Waals surface area contributed by atoms with Crippen LogP contribution in [0.15, 0.2) is 111 Å². The Morgan fingerprint density at radius 2 is 1.04 bits per heavy atom. The molecule has 4 aromatic rings. The zero-order valence-corrected chi connectivity index (χ0v) is 34.2. The summed E-state index contributed by atoms with van der Waals surface area (Å²) in [6.45, 7) is 0. The summed E-state index contributed by atoms with van der Waals surface area (Å²) < 4.78 is 72.8. The normalized spacial score (nSPS) is 14.9. The van der Waals surface area contributed by atoms with Crippen molar-refractivity contribution in [3.63, 3.8) is 0 Å². The molecule has 0 fully saturated rings. The van der Waals surface area contributed by atoms with Crippen molar-refractivity contribution < 1.29 is 109 Å². The first kappa shape index (κ1) is 42.9. The number of fused-ring (bicyclic) bond motifs is 2. The Hall–Kier alpha value is -4.80. The Balaban J connectivity index is 0.00000336. The number of aromatic carboxylic acids is 1. The number of hydrogen-bond donors (Lipinski definition) is 5. The molecule has 4 aromatic carbocycles. The summed E-state index contributed by atoms with van der Waals surface area (Å²) >= 11 is 0. The molecule has 0 unspecified atom stereocenters. The van der Waals surface area contributed by atoms with Gasteiger partial charge in [-0.05, 0) is 90.0 Å². The Morgan fingerprint density at radius 1 is 0.582 bits per heavy atom. The summed E-state index contributed by atoms with van der Waals surface area (Å²) in [5, 5.41) is 21.8. The quantitative estimate of drug-likeness (QED) is 0.0707. The molecule has 0 heterocycles. The number of urea groups is 1. The number of allylic oxidation sites excluding steroid dienone is 2. The molecule has 2 amide bonds. The molecule has 5 N–H and O–H groups in total. The van der Waals surface area contributed by atoms with Crippen LogP contribution < -0.4 is 80.6 Å². The number of Topliss-reactive ketones (excluding diaryl/α,β-unsaturated/α-hetero) is 2. The van der Waals surface area contributed by atoms with Crippen molar-refractivity contribution >= 4 is 90.1 Å². The van der Waals surface area contributed by atoms with Gasteiger partial charge in [-0.15, -0.1) is 0 Å².